The molecule has 0 bridgehead atoms. The summed E-state index contributed by atoms with van der Waals surface area (Å²) >= 11 is 0. The number of rotatable bonds is 2. The number of nitrogens with one attached hydrogen (secondary N) is 1. The Labute approximate surface area is 79.8 Å². The second-order valence-electron chi connectivity index (χ2n) is 2.51. The molecule has 0 aromatic carbocycles. The predicted molar refractivity (Wildman–Crippen MR) is 47.8 cm³/mol. The Kier molecular flexibility index (Phi) is 2.22. The van der Waals surface area contributed by atoms with Crippen LogP contribution in [-0.4, -0.2) is 20.9 Å². The van der Waals surface area contributed by atoms with Gasteiger partial charge >= 0.3 is 5.97 Å². The fraction of sp³-hybridized carbons (Fsp3) is 0. The molecule has 0 atom stereocenters. The van der Waals surface area contributed by atoms with Crippen LogP contribution in [0.4, 0.5) is 0 Å². The summed E-state index contributed by atoms with van der Waals surface area (Å²) in [4.78, 5) is 21.7. The molecule has 0 fully saturated rings. The first-order valence-corrected chi connectivity index (χ1v) is 3.98. The van der Waals surface area contributed by atoms with Crippen LogP contribution < -0.4 is 4.74 Å². The zero-order valence-corrected chi connectivity index (χ0v) is 7.18. The van der Waals surface area contributed by atoms with Gasteiger partial charge in [0.1, 0.15) is 0 Å². The Morgan fingerprint density at radius 2 is 2.36 bits per heavy atom. The van der Waals surface area contributed by atoms with E-state index in [4.69, 9.17) is 4.74 Å². The Hall–Kier alpha value is -2.17. The van der Waals surface area contributed by atoms with Crippen molar-refractivity contribution >= 4 is 5.97 Å². The zero-order chi connectivity index (χ0) is 9.80. The maximum absolute atomic E-state index is 11.4. The summed E-state index contributed by atoms with van der Waals surface area (Å²) in [6, 6.07) is 3.38. The molecule has 5 nitrogen and oxygen atoms in total. The minimum absolute atomic E-state index is 0.183. The molecule has 0 aliphatic heterocycles. The van der Waals surface area contributed by atoms with Gasteiger partial charge in [-0.25, -0.2) is 9.78 Å². The number of ether oxygens (including phenoxy) is 1. The number of aromatic amines is 1. The Morgan fingerprint density at radius 3 is 3.00 bits per heavy atom. The summed E-state index contributed by atoms with van der Waals surface area (Å²) in [7, 11) is 0. The Bertz CT molecular complexity index is 411. The minimum Gasteiger partial charge on any atom is -0.405 e. The third kappa shape index (κ3) is 1.77. The van der Waals surface area contributed by atoms with Gasteiger partial charge in [-0.1, -0.05) is 0 Å². The lowest BCUT2D eigenvalue weighted by atomic mass is 10.4. The van der Waals surface area contributed by atoms with E-state index in [0.29, 0.717) is 5.88 Å². The minimum atomic E-state index is -0.527. The Morgan fingerprint density at radius 1 is 1.43 bits per heavy atom. The van der Waals surface area contributed by atoms with E-state index in [-0.39, 0.29) is 5.69 Å². The third-order valence-electron chi connectivity index (χ3n) is 1.54. The van der Waals surface area contributed by atoms with Gasteiger partial charge < -0.3 is 9.72 Å². The molecule has 0 saturated carbocycles. The molecule has 0 spiro atoms. The van der Waals surface area contributed by atoms with Crippen molar-refractivity contribution < 1.29 is 9.53 Å². The number of carbonyl (C=O) groups is 1. The number of aromatic nitrogens is 3. The lowest BCUT2D eigenvalue weighted by Gasteiger charge is -1.99. The van der Waals surface area contributed by atoms with Crippen molar-refractivity contribution in [3.8, 4) is 5.88 Å². The highest BCUT2D eigenvalue weighted by atomic mass is 16.5. The summed E-state index contributed by atoms with van der Waals surface area (Å²) in [6.45, 7) is 0. The number of esters is 1. The molecule has 0 aliphatic rings. The highest BCUT2D eigenvalue weighted by molar-refractivity contribution is 5.88. The van der Waals surface area contributed by atoms with Crippen molar-refractivity contribution in [2.45, 2.75) is 0 Å². The molecule has 2 aromatic heterocycles. The van der Waals surface area contributed by atoms with Crippen LogP contribution in [0.15, 0.2) is 36.9 Å². The summed E-state index contributed by atoms with van der Waals surface area (Å²) < 4.78 is 4.94. The number of hydrogen-bond donors (Lipinski definition) is 1. The lowest BCUT2D eigenvalue weighted by Crippen LogP contribution is -2.10. The van der Waals surface area contributed by atoms with Crippen LogP contribution >= 0.6 is 0 Å². The largest absolute Gasteiger partial charge is 0.405 e. The first-order valence-electron chi connectivity index (χ1n) is 3.98. The quantitative estimate of drug-likeness (QED) is 0.716. The van der Waals surface area contributed by atoms with Gasteiger partial charge in [0, 0.05) is 24.7 Å². The second kappa shape index (κ2) is 3.69. The Balaban J connectivity index is 2.11. The van der Waals surface area contributed by atoms with Crippen LogP contribution in [0, 0.1) is 0 Å². The van der Waals surface area contributed by atoms with E-state index in [2.05, 4.69) is 15.0 Å². The molecule has 1 N–H and O–H groups in total. The summed E-state index contributed by atoms with van der Waals surface area (Å²) in [5, 5.41) is 0. The number of nitrogens with zero attached hydrogens (tertiary/aromatic N) is 2. The normalized spacial score (nSPS) is 9.71. The molecule has 70 valence electrons. The first kappa shape index (κ1) is 8.43. The van der Waals surface area contributed by atoms with E-state index < -0.39 is 5.97 Å². The monoisotopic (exact) mass is 189 g/mol. The van der Waals surface area contributed by atoms with Gasteiger partial charge in [-0.2, -0.15) is 0 Å². The zero-order valence-electron chi connectivity index (χ0n) is 7.18. The fourth-order valence-corrected chi connectivity index (χ4v) is 0.934. The average molecular weight is 189 g/mol. The van der Waals surface area contributed by atoms with Crippen LogP contribution in [0.1, 0.15) is 10.5 Å². The van der Waals surface area contributed by atoms with Gasteiger partial charge in [0.25, 0.3) is 0 Å². The van der Waals surface area contributed by atoms with Gasteiger partial charge in [0.2, 0.25) is 5.88 Å². The van der Waals surface area contributed by atoms with Crippen LogP contribution in [0.25, 0.3) is 0 Å². The fourth-order valence-electron chi connectivity index (χ4n) is 0.934. The van der Waals surface area contributed by atoms with E-state index in [1.165, 1.54) is 18.6 Å². The van der Waals surface area contributed by atoms with Crippen LogP contribution in [-0.2, 0) is 0 Å². The highest BCUT2D eigenvalue weighted by Crippen LogP contribution is 2.06. The van der Waals surface area contributed by atoms with Crippen molar-refractivity contribution in [3.63, 3.8) is 0 Å². The molecule has 14 heavy (non-hydrogen) atoms. The molecular formula is C9H7N3O2. The van der Waals surface area contributed by atoms with E-state index in [1.807, 2.05) is 0 Å². The van der Waals surface area contributed by atoms with Crippen molar-refractivity contribution in [1.29, 1.82) is 0 Å². The molecule has 0 unspecified atom stereocenters. The van der Waals surface area contributed by atoms with Crippen LogP contribution in [0.5, 0.6) is 5.88 Å². The molecule has 5 heteroatoms. The maximum atomic E-state index is 11.4. The predicted octanol–water partition coefficient (Wildman–Crippen LogP) is 1.02. The standard InChI is InChI=1S/C9H7N3O2/c13-9(7-6-10-4-5-11-7)14-8-2-1-3-12-8/h1-6,12H. The summed E-state index contributed by atoms with van der Waals surface area (Å²) in [5.74, 6) is -0.138. The molecule has 2 heterocycles. The van der Waals surface area contributed by atoms with Crippen molar-refractivity contribution in [3.05, 3.63) is 42.6 Å². The topological polar surface area (TPSA) is 67.9 Å². The lowest BCUT2D eigenvalue weighted by molar-refractivity contribution is 0.0722. The number of hydrogen-bond acceptors (Lipinski definition) is 4. The molecular weight excluding hydrogens is 182 g/mol. The van der Waals surface area contributed by atoms with E-state index >= 15 is 0 Å². The molecule has 2 aromatic rings. The first-order chi connectivity index (χ1) is 6.86. The highest BCUT2D eigenvalue weighted by Gasteiger charge is 2.09. The van der Waals surface area contributed by atoms with Crippen molar-refractivity contribution in [1.82, 2.24) is 15.0 Å². The SMILES string of the molecule is O=C(Oc1ccc[nH]1)c1cnccn1. The van der Waals surface area contributed by atoms with Gasteiger partial charge in [-0.05, 0) is 6.07 Å². The molecule has 0 aliphatic carbocycles. The average Bonchev–Trinajstić information content (AvgIpc) is 2.72. The molecule has 0 radical (unpaired) electrons. The third-order valence-corrected chi connectivity index (χ3v) is 1.54. The summed E-state index contributed by atoms with van der Waals surface area (Å²) in [6.07, 6.45) is 5.95. The smallest absolute Gasteiger partial charge is 0.365 e. The maximum Gasteiger partial charge on any atom is 0.365 e. The molecule has 2 rings (SSSR count). The number of carbonyl (C=O) groups excluding carboxylic acids is 1. The van der Waals surface area contributed by atoms with Gasteiger partial charge in [0.15, 0.2) is 5.69 Å². The van der Waals surface area contributed by atoms with E-state index in [9.17, 15) is 4.79 Å². The van der Waals surface area contributed by atoms with Crippen molar-refractivity contribution in [2.75, 3.05) is 0 Å². The second-order valence-corrected chi connectivity index (χ2v) is 2.51. The van der Waals surface area contributed by atoms with Crippen LogP contribution in [0.3, 0.4) is 0 Å². The van der Waals surface area contributed by atoms with Gasteiger partial charge in [-0.15, -0.1) is 0 Å². The van der Waals surface area contributed by atoms with Crippen molar-refractivity contribution in [2.24, 2.45) is 0 Å². The van der Waals surface area contributed by atoms with E-state index in [0.717, 1.165) is 0 Å². The molecule has 0 saturated heterocycles. The van der Waals surface area contributed by atoms with Gasteiger partial charge in [-0.3, -0.25) is 4.98 Å². The number of H-pyrrole nitrogens is 1. The van der Waals surface area contributed by atoms with Crippen LogP contribution in [0.2, 0.25) is 0 Å². The van der Waals surface area contributed by atoms with Gasteiger partial charge in [0.05, 0.1) is 6.20 Å². The summed E-state index contributed by atoms with van der Waals surface area (Å²) in [5.41, 5.74) is 0.183. The van der Waals surface area contributed by atoms with E-state index in [1.54, 1.807) is 18.3 Å². The molecule has 0 amide bonds.